The molecule has 1 atom stereocenters. The summed E-state index contributed by atoms with van der Waals surface area (Å²) in [4.78, 5) is 26.8. The van der Waals surface area contributed by atoms with Gasteiger partial charge in [-0.05, 0) is 45.4 Å². The molecular formula is C16H20F3NO3. The van der Waals surface area contributed by atoms with Gasteiger partial charge in [0.15, 0.2) is 5.78 Å². The van der Waals surface area contributed by atoms with Crippen LogP contribution < -0.4 is 0 Å². The van der Waals surface area contributed by atoms with Gasteiger partial charge in [0.05, 0.1) is 11.0 Å². The summed E-state index contributed by atoms with van der Waals surface area (Å²) in [5, 5.41) is 9.23. The molecular weight excluding hydrogens is 311 g/mol. The number of ketones is 1. The predicted octanol–water partition coefficient (Wildman–Crippen LogP) is 3.42. The molecule has 1 saturated carbocycles. The van der Waals surface area contributed by atoms with Crippen molar-refractivity contribution in [2.45, 2.75) is 45.7 Å². The summed E-state index contributed by atoms with van der Waals surface area (Å²) >= 11 is 0. The molecule has 0 aromatic heterocycles. The monoisotopic (exact) mass is 331 g/mol. The van der Waals surface area contributed by atoms with E-state index in [1.807, 2.05) is 0 Å². The van der Waals surface area contributed by atoms with E-state index >= 15 is 0 Å². The molecule has 7 heteroatoms. The quantitative estimate of drug-likeness (QED) is 0.862. The third kappa shape index (κ3) is 3.48. The third-order valence-corrected chi connectivity index (χ3v) is 5.09. The Hall–Kier alpha value is -1.66. The lowest BCUT2D eigenvalue weighted by Gasteiger charge is -2.39. The zero-order chi connectivity index (χ0) is 17.4. The molecule has 1 aliphatic carbocycles. The number of aliphatic carboxylic acids is 1. The fraction of sp³-hybridized carbons (Fsp3) is 0.688. The molecule has 0 aromatic rings. The summed E-state index contributed by atoms with van der Waals surface area (Å²) in [5.74, 6) is -2.71. The first kappa shape index (κ1) is 17.7. The van der Waals surface area contributed by atoms with Gasteiger partial charge in [0.1, 0.15) is 0 Å². The van der Waals surface area contributed by atoms with E-state index in [4.69, 9.17) is 0 Å². The number of carboxylic acids is 1. The van der Waals surface area contributed by atoms with Crippen LogP contribution in [0.2, 0.25) is 0 Å². The van der Waals surface area contributed by atoms with Crippen molar-refractivity contribution < 1.29 is 27.9 Å². The van der Waals surface area contributed by atoms with E-state index in [-0.39, 0.29) is 18.0 Å². The maximum atomic E-state index is 13.5. The Kier molecular flexibility index (Phi) is 4.69. The van der Waals surface area contributed by atoms with Crippen molar-refractivity contribution in [1.82, 2.24) is 0 Å². The fourth-order valence-corrected chi connectivity index (χ4v) is 3.54. The summed E-state index contributed by atoms with van der Waals surface area (Å²) in [6, 6.07) is 0. The van der Waals surface area contributed by atoms with Crippen molar-refractivity contribution in [1.29, 1.82) is 0 Å². The van der Waals surface area contributed by atoms with Crippen molar-refractivity contribution in [3.63, 3.8) is 0 Å². The zero-order valence-electron chi connectivity index (χ0n) is 13.1. The smallest absolute Gasteiger partial charge is 0.413 e. The number of rotatable bonds is 3. The van der Waals surface area contributed by atoms with Gasteiger partial charge in [-0.25, -0.2) is 0 Å². The highest BCUT2D eigenvalue weighted by molar-refractivity contribution is 6.13. The zero-order valence-corrected chi connectivity index (χ0v) is 13.1. The minimum Gasteiger partial charge on any atom is -0.481 e. The van der Waals surface area contributed by atoms with Crippen LogP contribution in [0.5, 0.6) is 0 Å². The van der Waals surface area contributed by atoms with E-state index in [1.165, 1.54) is 0 Å². The first-order valence-electron chi connectivity index (χ1n) is 7.62. The number of hydrogen-bond donors (Lipinski definition) is 1. The standard InChI is InChI=1S/C16H20F3NO3/c1-9(21)11-7-20-8-12(13(11)16(17,18)19)10-3-5-15(2,6-4-10)14(22)23/h7,10,12H,3-6,8H2,1-2H3,(H,22,23)/t10-,12?,15-. The number of carbonyl (C=O) groups is 2. The van der Waals surface area contributed by atoms with Gasteiger partial charge in [0.2, 0.25) is 0 Å². The van der Waals surface area contributed by atoms with Gasteiger partial charge in [-0.3, -0.25) is 14.6 Å². The molecule has 1 fully saturated rings. The van der Waals surface area contributed by atoms with Gasteiger partial charge in [-0.2, -0.15) is 13.2 Å². The summed E-state index contributed by atoms with van der Waals surface area (Å²) in [7, 11) is 0. The molecule has 0 radical (unpaired) electrons. The van der Waals surface area contributed by atoms with Crippen LogP contribution in [0.4, 0.5) is 13.2 Å². The number of dihydropyridines is 1. The van der Waals surface area contributed by atoms with E-state index in [0.717, 1.165) is 13.1 Å². The molecule has 1 heterocycles. The SMILES string of the molecule is CC(=O)C1=C(C(F)(F)F)C([C@H]2CC[C@](C)(C(=O)O)CC2)CN=C1. The topological polar surface area (TPSA) is 66.7 Å². The number of Topliss-reactive ketones (excluding diaryl/α,β-unsaturated/α-hetero) is 1. The second-order valence-electron chi connectivity index (χ2n) is 6.69. The van der Waals surface area contributed by atoms with Crippen LogP contribution in [-0.4, -0.2) is 35.8 Å². The second-order valence-corrected chi connectivity index (χ2v) is 6.69. The molecule has 0 amide bonds. The van der Waals surface area contributed by atoms with Gasteiger partial charge in [-0.1, -0.05) is 0 Å². The highest BCUT2D eigenvalue weighted by atomic mass is 19.4. The molecule has 23 heavy (non-hydrogen) atoms. The molecule has 0 bridgehead atoms. The van der Waals surface area contributed by atoms with Crippen LogP contribution in [0.15, 0.2) is 16.1 Å². The average molecular weight is 331 g/mol. The Morgan fingerprint density at radius 2 is 1.87 bits per heavy atom. The highest BCUT2D eigenvalue weighted by Gasteiger charge is 2.47. The van der Waals surface area contributed by atoms with Crippen molar-refractivity contribution in [2.75, 3.05) is 6.54 Å². The number of allylic oxidation sites excluding steroid dienone is 1. The van der Waals surface area contributed by atoms with Crippen molar-refractivity contribution in [3.05, 3.63) is 11.1 Å². The number of alkyl halides is 3. The number of halogens is 3. The Balaban J connectivity index is 2.28. The molecule has 0 spiro atoms. The van der Waals surface area contributed by atoms with Gasteiger partial charge >= 0.3 is 12.1 Å². The van der Waals surface area contributed by atoms with Crippen LogP contribution in [0.1, 0.15) is 39.5 Å². The molecule has 1 unspecified atom stereocenters. The number of aliphatic imine (C=N–C) groups is 1. The van der Waals surface area contributed by atoms with Crippen LogP contribution in [-0.2, 0) is 9.59 Å². The molecule has 128 valence electrons. The van der Waals surface area contributed by atoms with Crippen molar-refractivity contribution >= 4 is 18.0 Å². The Morgan fingerprint density at radius 3 is 2.30 bits per heavy atom. The molecule has 0 saturated heterocycles. The Morgan fingerprint density at radius 1 is 1.30 bits per heavy atom. The van der Waals surface area contributed by atoms with Gasteiger partial charge in [0.25, 0.3) is 0 Å². The van der Waals surface area contributed by atoms with E-state index in [0.29, 0.717) is 25.7 Å². The molecule has 1 aliphatic heterocycles. The average Bonchev–Trinajstić information content (AvgIpc) is 2.46. The number of nitrogens with zero attached hydrogens (tertiary/aromatic N) is 1. The normalized spacial score (nSPS) is 32.0. The minimum absolute atomic E-state index is 0.0000751. The van der Waals surface area contributed by atoms with Crippen LogP contribution in [0, 0.1) is 17.3 Å². The number of carbonyl (C=O) groups excluding carboxylic acids is 1. The summed E-state index contributed by atoms with van der Waals surface area (Å²) < 4.78 is 40.4. The van der Waals surface area contributed by atoms with Crippen LogP contribution >= 0.6 is 0 Å². The van der Waals surface area contributed by atoms with Crippen LogP contribution in [0.25, 0.3) is 0 Å². The van der Waals surface area contributed by atoms with Gasteiger partial charge < -0.3 is 5.11 Å². The lowest BCUT2D eigenvalue weighted by atomic mass is 9.66. The maximum Gasteiger partial charge on any atom is 0.413 e. The highest BCUT2D eigenvalue weighted by Crippen LogP contribution is 2.47. The maximum absolute atomic E-state index is 13.5. The molecule has 4 nitrogen and oxygen atoms in total. The first-order chi connectivity index (χ1) is 10.6. The molecule has 2 rings (SSSR count). The number of carboxylic acid groups (broad SMARTS) is 1. The first-order valence-corrected chi connectivity index (χ1v) is 7.62. The largest absolute Gasteiger partial charge is 0.481 e. The molecule has 1 N–H and O–H groups in total. The van der Waals surface area contributed by atoms with E-state index < -0.39 is 34.8 Å². The Bertz CT molecular complexity index is 570. The van der Waals surface area contributed by atoms with Crippen molar-refractivity contribution in [2.24, 2.45) is 22.2 Å². The summed E-state index contributed by atoms with van der Waals surface area (Å²) in [5.41, 5.74) is -2.02. The van der Waals surface area contributed by atoms with Crippen molar-refractivity contribution in [3.8, 4) is 0 Å². The third-order valence-electron chi connectivity index (χ3n) is 5.09. The summed E-state index contributed by atoms with van der Waals surface area (Å²) in [6.07, 6.45) is -2.08. The lowest BCUT2D eigenvalue weighted by Crippen LogP contribution is -2.38. The van der Waals surface area contributed by atoms with Gasteiger partial charge in [0, 0.05) is 24.3 Å². The fourth-order valence-electron chi connectivity index (χ4n) is 3.54. The predicted molar refractivity (Wildman–Crippen MR) is 78.3 cm³/mol. The Labute approximate surface area is 132 Å². The second kappa shape index (κ2) is 6.09. The molecule has 0 aromatic carbocycles. The van der Waals surface area contributed by atoms with E-state index in [1.54, 1.807) is 6.92 Å². The molecule has 2 aliphatic rings. The number of hydrogen-bond acceptors (Lipinski definition) is 3. The van der Waals surface area contributed by atoms with E-state index in [9.17, 15) is 27.9 Å². The van der Waals surface area contributed by atoms with Gasteiger partial charge in [-0.15, -0.1) is 0 Å². The van der Waals surface area contributed by atoms with Crippen LogP contribution in [0.3, 0.4) is 0 Å². The van der Waals surface area contributed by atoms with E-state index in [2.05, 4.69) is 4.99 Å². The lowest BCUT2D eigenvalue weighted by molar-refractivity contribution is -0.150. The minimum atomic E-state index is -4.58. The summed E-state index contributed by atoms with van der Waals surface area (Å²) in [6.45, 7) is 2.74.